The fraction of sp³-hybridized carbons (Fsp3) is 0.222. The van der Waals surface area contributed by atoms with E-state index in [1.54, 1.807) is 21.3 Å². The monoisotopic (exact) mass is 404 g/mol. The Morgan fingerprint density at radius 3 is 2.48 bits per heavy atom. The van der Waals surface area contributed by atoms with Crippen molar-refractivity contribution >= 4 is 15.9 Å². The zero-order valence-electron chi connectivity index (χ0n) is 14.1. The number of hydrogen-bond donors (Lipinski definition) is 0. The molecule has 0 aliphatic carbocycles. The molecule has 0 saturated heterocycles. The molecule has 0 bridgehead atoms. The Morgan fingerprint density at radius 1 is 0.960 bits per heavy atom. The van der Waals surface area contributed by atoms with Crippen LogP contribution in [0.4, 0.5) is 0 Å². The number of ether oxygens (including phenoxy) is 3. The van der Waals surface area contributed by atoms with Crippen LogP contribution in [0.1, 0.15) is 11.4 Å². The fourth-order valence-corrected chi connectivity index (χ4v) is 2.82. The topological polar surface area (TPSA) is 66.6 Å². The molecule has 3 aromatic rings. The van der Waals surface area contributed by atoms with Gasteiger partial charge in [0, 0.05) is 10.9 Å². The Labute approximate surface area is 153 Å². The number of nitrogens with zero attached hydrogens (tertiary/aromatic N) is 2. The van der Waals surface area contributed by atoms with Gasteiger partial charge in [0.05, 0.1) is 26.9 Å². The van der Waals surface area contributed by atoms with E-state index in [0.717, 1.165) is 21.3 Å². The van der Waals surface area contributed by atoms with Crippen LogP contribution in [0.5, 0.6) is 17.2 Å². The Morgan fingerprint density at radius 2 is 1.76 bits per heavy atom. The third kappa shape index (κ3) is 3.76. The molecule has 0 saturated carbocycles. The molecule has 2 aromatic carbocycles. The summed E-state index contributed by atoms with van der Waals surface area (Å²) >= 11 is 3.49. The molecular formula is C18H17BrN2O4. The summed E-state index contributed by atoms with van der Waals surface area (Å²) in [5.41, 5.74) is 1.78. The van der Waals surface area contributed by atoms with Gasteiger partial charge in [0.1, 0.15) is 5.75 Å². The fourth-order valence-electron chi connectivity index (χ4n) is 2.40. The first-order valence-electron chi connectivity index (χ1n) is 7.52. The lowest BCUT2D eigenvalue weighted by molar-refractivity contribution is 0.354. The average molecular weight is 405 g/mol. The molecule has 7 heteroatoms. The van der Waals surface area contributed by atoms with Crippen LogP contribution in [0, 0.1) is 0 Å². The summed E-state index contributed by atoms with van der Waals surface area (Å²) in [6.45, 7) is 0. The van der Waals surface area contributed by atoms with Crippen molar-refractivity contribution in [3.05, 3.63) is 52.3 Å². The maximum Gasteiger partial charge on any atom is 0.259 e. The Balaban J connectivity index is 1.85. The smallest absolute Gasteiger partial charge is 0.259 e. The summed E-state index contributed by atoms with van der Waals surface area (Å²) in [5.74, 6) is 3.08. The maximum atomic E-state index is 5.40. The van der Waals surface area contributed by atoms with Crippen LogP contribution in [-0.4, -0.2) is 31.5 Å². The Bertz CT molecular complexity index is 879. The van der Waals surface area contributed by atoms with Gasteiger partial charge in [-0.25, -0.2) is 0 Å². The van der Waals surface area contributed by atoms with Crippen molar-refractivity contribution < 1.29 is 18.7 Å². The molecule has 3 rings (SSSR count). The maximum absolute atomic E-state index is 5.40. The van der Waals surface area contributed by atoms with E-state index in [-0.39, 0.29) is 0 Å². The first-order chi connectivity index (χ1) is 12.1. The van der Waals surface area contributed by atoms with Crippen LogP contribution >= 0.6 is 15.9 Å². The van der Waals surface area contributed by atoms with E-state index in [4.69, 9.17) is 18.7 Å². The highest BCUT2D eigenvalue weighted by Crippen LogP contribution is 2.31. The van der Waals surface area contributed by atoms with Crippen molar-refractivity contribution in [3.8, 4) is 28.7 Å². The average Bonchev–Trinajstić information content (AvgIpc) is 3.10. The van der Waals surface area contributed by atoms with E-state index in [1.165, 1.54) is 0 Å². The third-order valence-electron chi connectivity index (χ3n) is 3.68. The van der Waals surface area contributed by atoms with Gasteiger partial charge in [-0.3, -0.25) is 0 Å². The number of halogens is 1. The van der Waals surface area contributed by atoms with E-state index >= 15 is 0 Å². The largest absolute Gasteiger partial charge is 0.497 e. The van der Waals surface area contributed by atoms with E-state index in [2.05, 4.69) is 26.1 Å². The van der Waals surface area contributed by atoms with E-state index in [0.29, 0.717) is 29.6 Å². The normalized spacial score (nSPS) is 10.6. The van der Waals surface area contributed by atoms with Crippen LogP contribution in [0.25, 0.3) is 11.5 Å². The van der Waals surface area contributed by atoms with Crippen LogP contribution in [0.3, 0.4) is 0 Å². The summed E-state index contributed by atoms with van der Waals surface area (Å²) in [6, 6.07) is 11.3. The minimum atomic E-state index is 0.432. The van der Waals surface area contributed by atoms with Gasteiger partial charge in [-0.15, -0.1) is 0 Å². The molecule has 1 aromatic heterocycles. The standard InChI is InChI=1S/C18H17BrN2O4/c1-22-12-5-6-14(19)13(10-12)18-20-17(21-25-18)9-11-4-7-15(23-2)16(8-11)24-3/h4-8,10H,9H2,1-3H3. The van der Waals surface area contributed by atoms with Crippen LogP contribution in [0.2, 0.25) is 0 Å². The van der Waals surface area contributed by atoms with Crippen molar-refractivity contribution in [1.82, 2.24) is 10.1 Å². The molecular weight excluding hydrogens is 388 g/mol. The highest BCUT2D eigenvalue weighted by Gasteiger charge is 2.14. The molecule has 0 amide bonds. The van der Waals surface area contributed by atoms with Crippen LogP contribution in [-0.2, 0) is 6.42 Å². The summed E-state index contributed by atoms with van der Waals surface area (Å²) in [6.07, 6.45) is 0.519. The first-order valence-corrected chi connectivity index (χ1v) is 8.31. The highest BCUT2D eigenvalue weighted by atomic mass is 79.9. The van der Waals surface area contributed by atoms with Crippen molar-refractivity contribution in [1.29, 1.82) is 0 Å². The predicted octanol–water partition coefficient (Wildman–Crippen LogP) is 4.12. The molecule has 0 unspecified atom stereocenters. The predicted molar refractivity (Wildman–Crippen MR) is 96.3 cm³/mol. The number of rotatable bonds is 6. The first kappa shape index (κ1) is 17.3. The lowest BCUT2D eigenvalue weighted by atomic mass is 10.1. The number of hydrogen-bond acceptors (Lipinski definition) is 6. The van der Waals surface area contributed by atoms with Gasteiger partial charge in [-0.05, 0) is 51.8 Å². The number of benzene rings is 2. The lowest BCUT2D eigenvalue weighted by Crippen LogP contribution is -1.95. The molecule has 130 valence electrons. The molecule has 0 spiro atoms. The number of methoxy groups -OCH3 is 3. The van der Waals surface area contributed by atoms with E-state index in [9.17, 15) is 0 Å². The highest BCUT2D eigenvalue weighted by molar-refractivity contribution is 9.10. The molecule has 0 aliphatic rings. The lowest BCUT2D eigenvalue weighted by Gasteiger charge is -2.08. The molecule has 1 heterocycles. The second-order valence-electron chi connectivity index (χ2n) is 5.23. The van der Waals surface area contributed by atoms with Crippen molar-refractivity contribution in [2.75, 3.05) is 21.3 Å². The summed E-state index contributed by atoms with van der Waals surface area (Å²) in [5, 5.41) is 4.06. The zero-order valence-corrected chi connectivity index (χ0v) is 15.7. The second kappa shape index (κ2) is 7.57. The molecule has 0 fully saturated rings. The van der Waals surface area contributed by atoms with Gasteiger partial charge < -0.3 is 18.7 Å². The van der Waals surface area contributed by atoms with E-state index in [1.807, 2.05) is 36.4 Å². The molecule has 6 nitrogen and oxygen atoms in total. The van der Waals surface area contributed by atoms with Crippen LogP contribution in [0.15, 0.2) is 45.4 Å². The third-order valence-corrected chi connectivity index (χ3v) is 4.37. The van der Waals surface area contributed by atoms with Crippen LogP contribution < -0.4 is 14.2 Å². The zero-order chi connectivity index (χ0) is 17.8. The SMILES string of the molecule is COc1ccc(Br)c(-c2nc(Cc3ccc(OC)c(OC)c3)no2)c1. The van der Waals surface area contributed by atoms with Crippen molar-refractivity contribution in [3.63, 3.8) is 0 Å². The van der Waals surface area contributed by atoms with Gasteiger partial charge in [0.25, 0.3) is 5.89 Å². The van der Waals surface area contributed by atoms with Gasteiger partial charge in [-0.2, -0.15) is 4.98 Å². The van der Waals surface area contributed by atoms with E-state index < -0.39 is 0 Å². The molecule has 0 aliphatic heterocycles. The quantitative estimate of drug-likeness (QED) is 0.615. The molecule has 25 heavy (non-hydrogen) atoms. The minimum Gasteiger partial charge on any atom is -0.497 e. The Kier molecular flexibility index (Phi) is 5.23. The van der Waals surface area contributed by atoms with Gasteiger partial charge >= 0.3 is 0 Å². The van der Waals surface area contributed by atoms with Crippen molar-refractivity contribution in [2.45, 2.75) is 6.42 Å². The summed E-state index contributed by atoms with van der Waals surface area (Å²) < 4.78 is 22.1. The van der Waals surface area contributed by atoms with Gasteiger partial charge in [0.15, 0.2) is 17.3 Å². The summed E-state index contributed by atoms with van der Waals surface area (Å²) in [4.78, 5) is 4.47. The number of aromatic nitrogens is 2. The second-order valence-corrected chi connectivity index (χ2v) is 6.08. The minimum absolute atomic E-state index is 0.432. The van der Waals surface area contributed by atoms with Gasteiger partial charge in [0.2, 0.25) is 0 Å². The van der Waals surface area contributed by atoms with Gasteiger partial charge in [-0.1, -0.05) is 11.2 Å². The van der Waals surface area contributed by atoms with Crippen molar-refractivity contribution in [2.24, 2.45) is 0 Å². The molecule has 0 atom stereocenters. The molecule has 0 N–H and O–H groups in total. The Hall–Kier alpha value is -2.54. The summed E-state index contributed by atoms with van der Waals surface area (Å²) in [7, 11) is 4.83. The molecule has 0 radical (unpaired) electrons.